The van der Waals surface area contributed by atoms with Crippen LogP contribution in [0.15, 0.2) is 223 Å². The number of fused-ring (bicyclic) bond motifs is 9. The summed E-state index contributed by atoms with van der Waals surface area (Å²) in [6.45, 7) is 0. The zero-order valence-electron chi connectivity index (χ0n) is 33.1. The second kappa shape index (κ2) is 14.3. The van der Waals surface area contributed by atoms with E-state index in [2.05, 4.69) is 206 Å². The molecule has 284 valence electrons. The Labute approximate surface area is 352 Å². The van der Waals surface area contributed by atoms with E-state index in [4.69, 9.17) is 14.4 Å². The van der Waals surface area contributed by atoms with Crippen molar-refractivity contribution in [2.24, 2.45) is 0 Å². The van der Waals surface area contributed by atoms with Gasteiger partial charge in [-0.3, -0.25) is 0 Å². The molecule has 0 aliphatic rings. The lowest BCUT2D eigenvalue weighted by Crippen LogP contribution is -1.94. The third-order valence-electron chi connectivity index (χ3n) is 12.1. The maximum absolute atomic E-state index is 6.69. The van der Waals surface area contributed by atoms with Crippen LogP contribution in [0.25, 0.3) is 122 Å². The molecule has 0 spiro atoms. The molecule has 0 saturated heterocycles. The summed E-state index contributed by atoms with van der Waals surface area (Å²) in [6.07, 6.45) is 0. The summed E-state index contributed by atoms with van der Waals surface area (Å²) in [6, 6.07) is 77.6. The van der Waals surface area contributed by atoms with Crippen molar-refractivity contribution in [3.8, 4) is 67.2 Å². The highest BCUT2D eigenvalue weighted by molar-refractivity contribution is 6.25. The van der Waals surface area contributed by atoms with Crippen LogP contribution in [0, 0.1) is 0 Å². The van der Waals surface area contributed by atoms with Crippen LogP contribution in [0.5, 0.6) is 0 Å². The molecule has 0 N–H and O–H groups in total. The number of rotatable bonds is 6. The van der Waals surface area contributed by atoms with Gasteiger partial charge in [0.2, 0.25) is 0 Å². The van der Waals surface area contributed by atoms with Crippen LogP contribution in [-0.2, 0) is 0 Å². The molecular formula is C58H36N2O. The highest BCUT2D eigenvalue weighted by Gasteiger charge is 2.20. The van der Waals surface area contributed by atoms with Crippen LogP contribution in [0.2, 0.25) is 0 Å². The van der Waals surface area contributed by atoms with Crippen molar-refractivity contribution in [1.82, 2.24) is 9.97 Å². The first-order chi connectivity index (χ1) is 30.2. The fourth-order valence-corrected chi connectivity index (χ4v) is 9.01. The molecule has 2 heterocycles. The first-order valence-corrected chi connectivity index (χ1v) is 20.7. The summed E-state index contributed by atoms with van der Waals surface area (Å²) < 4.78 is 6.69. The standard InChI is InChI=1S/C58H36N2O/c1-3-12-37(13-4-1)39-22-26-41(27-23-39)55-57-56(60-58(59-55)42-28-24-40(25-29-42)38-14-5-2-6-15-38)53-36-46(31-33-54(53)61-57)44-17-11-16-43(34-44)45-30-32-51-49-20-8-7-18-47(49)48-19-9-10-21-50(48)52(51)35-45/h1-36H. The Hall–Kier alpha value is -8.14. The van der Waals surface area contributed by atoms with Gasteiger partial charge in [-0.2, -0.15) is 0 Å². The summed E-state index contributed by atoms with van der Waals surface area (Å²) >= 11 is 0. The number of nitrogens with zero attached hydrogens (tertiary/aromatic N) is 2. The molecule has 0 saturated carbocycles. The van der Waals surface area contributed by atoms with Gasteiger partial charge in [-0.05, 0) is 101 Å². The molecule has 2 aromatic heterocycles. The number of hydrogen-bond donors (Lipinski definition) is 0. The van der Waals surface area contributed by atoms with E-state index in [1.54, 1.807) is 0 Å². The number of aromatic nitrogens is 2. The van der Waals surface area contributed by atoms with Gasteiger partial charge in [0.1, 0.15) is 16.8 Å². The quantitative estimate of drug-likeness (QED) is 0.158. The summed E-state index contributed by atoms with van der Waals surface area (Å²) in [5, 5.41) is 8.60. The van der Waals surface area contributed by atoms with Crippen LogP contribution in [0.4, 0.5) is 0 Å². The summed E-state index contributed by atoms with van der Waals surface area (Å²) in [5.41, 5.74) is 14.1. The Morgan fingerprint density at radius 1 is 0.262 bits per heavy atom. The minimum Gasteiger partial charge on any atom is -0.452 e. The highest BCUT2D eigenvalue weighted by Crippen LogP contribution is 2.40. The minimum atomic E-state index is 0.654. The van der Waals surface area contributed by atoms with Crippen molar-refractivity contribution >= 4 is 54.4 Å². The lowest BCUT2D eigenvalue weighted by molar-refractivity contribution is 0.667. The Morgan fingerprint density at radius 2 is 0.672 bits per heavy atom. The van der Waals surface area contributed by atoms with Crippen molar-refractivity contribution in [2.45, 2.75) is 0 Å². The summed E-state index contributed by atoms with van der Waals surface area (Å²) in [7, 11) is 0. The van der Waals surface area contributed by atoms with E-state index in [1.807, 2.05) is 12.1 Å². The molecule has 0 aliphatic heterocycles. The van der Waals surface area contributed by atoms with Gasteiger partial charge in [-0.1, -0.05) is 194 Å². The average Bonchev–Trinajstić information content (AvgIpc) is 3.72. The summed E-state index contributed by atoms with van der Waals surface area (Å²) in [4.78, 5) is 10.5. The van der Waals surface area contributed by atoms with Gasteiger partial charge in [-0.25, -0.2) is 9.97 Å². The van der Waals surface area contributed by atoms with E-state index < -0.39 is 0 Å². The second-order valence-corrected chi connectivity index (χ2v) is 15.7. The van der Waals surface area contributed by atoms with Crippen molar-refractivity contribution in [3.63, 3.8) is 0 Å². The lowest BCUT2D eigenvalue weighted by atomic mass is 9.91. The van der Waals surface area contributed by atoms with Crippen molar-refractivity contribution in [1.29, 1.82) is 0 Å². The molecular weight excluding hydrogens is 741 g/mol. The third kappa shape index (κ3) is 6.06. The number of benzene rings is 10. The average molecular weight is 777 g/mol. The van der Waals surface area contributed by atoms with Crippen LogP contribution in [-0.4, -0.2) is 9.97 Å². The Bertz CT molecular complexity index is 3570. The number of hydrogen-bond acceptors (Lipinski definition) is 3. The van der Waals surface area contributed by atoms with Gasteiger partial charge in [0, 0.05) is 16.5 Å². The molecule has 12 rings (SSSR count). The van der Waals surface area contributed by atoms with E-state index in [9.17, 15) is 0 Å². The first-order valence-electron chi connectivity index (χ1n) is 20.7. The fourth-order valence-electron chi connectivity index (χ4n) is 9.01. The SMILES string of the molecule is c1ccc(-c2ccc(-c3nc(-c4ccc(-c5ccccc5)cc4)c4oc5ccc(-c6cccc(-c7ccc8c9ccccc9c9ccccc9c8c7)c6)cc5c4n3)cc2)cc1. The Balaban J connectivity index is 0.982. The van der Waals surface area contributed by atoms with Crippen LogP contribution in [0.1, 0.15) is 0 Å². The minimum absolute atomic E-state index is 0.654. The van der Waals surface area contributed by atoms with Crippen molar-refractivity contribution in [3.05, 3.63) is 218 Å². The topological polar surface area (TPSA) is 38.9 Å². The van der Waals surface area contributed by atoms with Crippen LogP contribution < -0.4 is 0 Å². The molecule has 0 unspecified atom stereocenters. The van der Waals surface area contributed by atoms with E-state index in [1.165, 1.54) is 54.6 Å². The third-order valence-corrected chi connectivity index (χ3v) is 12.1. The van der Waals surface area contributed by atoms with E-state index in [0.717, 1.165) is 55.6 Å². The fraction of sp³-hybridized carbons (Fsp3) is 0. The smallest absolute Gasteiger partial charge is 0.180 e. The summed E-state index contributed by atoms with van der Waals surface area (Å²) in [5.74, 6) is 0.654. The van der Waals surface area contributed by atoms with Crippen LogP contribution >= 0.6 is 0 Å². The predicted octanol–water partition coefficient (Wildman–Crippen LogP) is 15.8. The zero-order chi connectivity index (χ0) is 40.3. The maximum atomic E-state index is 6.69. The van der Waals surface area contributed by atoms with Crippen molar-refractivity contribution in [2.75, 3.05) is 0 Å². The van der Waals surface area contributed by atoms with E-state index in [0.29, 0.717) is 11.4 Å². The van der Waals surface area contributed by atoms with Gasteiger partial charge in [0.05, 0.1) is 0 Å². The molecule has 12 aromatic rings. The van der Waals surface area contributed by atoms with Gasteiger partial charge in [0.15, 0.2) is 11.4 Å². The molecule has 0 fully saturated rings. The maximum Gasteiger partial charge on any atom is 0.180 e. The molecule has 3 heteroatoms. The lowest BCUT2D eigenvalue weighted by Gasteiger charge is -2.12. The molecule has 0 amide bonds. The van der Waals surface area contributed by atoms with Crippen molar-refractivity contribution < 1.29 is 4.42 Å². The molecule has 3 nitrogen and oxygen atoms in total. The van der Waals surface area contributed by atoms with Gasteiger partial charge >= 0.3 is 0 Å². The Morgan fingerprint density at radius 3 is 1.26 bits per heavy atom. The highest BCUT2D eigenvalue weighted by atomic mass is 16.3. The predicted molar refractivity (Wildman–Crippen MR) is 254 cm³/mol. The molecule has 10 aromatic carbocycles. The number of furan rings is 1. The molecule has 0 atom stereocenters. The molecule has 61 heavy (non-hydrogen) atoms. The van der Waals surface area contributed by atoms with Crippen LogP contribution in [0.3, 0.4) is 0 Å². The van der Waals surface area contributed by atoms with Gasteiger partial charge in [-0.15, -0.1) is 0 Å². The monoisotopic (exact) mass is 776 g/mol. The van der Waals surface area contributed by atoms with Gasteiger partial charge < -0.3 is 4.42 Å². The van der Waals surface area contributed by atoms with E-state index in [-0.39, 0.29) is 0 Å². The Kier molecular flexibility index (Phi) is 8.17. The zero-order valence-corrected chi connectivity index (χ0v) is 33.1. The van der Waals surface area contributed by atoms with Gasteiger partial charge in [0.25, 0.3) is 0 Å². The molecule has 0 bridgehead atoms. The first kappa shape index (κ1) is 34.9. The molecule has 0 radical (unpaired) electrons. The van der Waals surface area contributed by atoms with E-state index >= 15 is 0 Å². The largest absolute Gasteiger partial charge is 0.452 e. The second-order valence-electron chi connectivity index (χ2n) is 15.7. The normalized spacial score (nSPS) is 11.6. The molecule has 0 aliphatic carbocycles.